The average Bonchev–Trinajstić information content (AvgIpc) is 2.90. The van der Waals surface area contributed by atoms with Crippen molar-refractivity contribution in [3.05, 3.63) is 48.2 Å². The molecular weight excluding hydrogens is 443 g/mol. The number of hydrogen-bond donors (Lipinski definition) is 1. The van der Waals surface area contributed by atoms with Gasteiger partial charge < -0.3 is 0 Å². The van der Waals surface area contributed by atoms with Gasteiger partial charge in [0.1, 0.15) is 0 Å². The molecule has 1 N–H and O–H groups in total. The summed E-state index contributed by atoms with van der Waals surface area (Å²) in [4.78, 5) is 0. The quantitative estimate of drug-likeness (QED) is 0.350. The zero-order chi connectivity index (χ0) is 17.4. The third-order valence-corrected chi connectivity index (χ3v) is 11.5. The monoisotopic (exact) mass is 471 g/mol. The molecule has 138 valence electrons. The van der Waals surface area contributed by atoms with Crippen molar-refractivity contribution in [1.82, 2.24) is 0 Å². The molecule has 25 heavy (non-hydrogen) atoms. The van der Waals surface area contributed by atoms with Crippen LogP contribution in [0.2, 0.25) is 0 Å². The predicted octanol–water partition coefficient (Wildman–Crippen LogP) is 1.05. The second-order valence-corrected chi connectivity index (χ2v) is 12.7. The Morgan fingerprint density at radius 2 is 2.16 bits per heavy atom. The molecule has 2 nitrogen and oxygen atoms in total. The zero-order valence-corrected chi connectivity index (χ0v) is 17.8. The number of aliphatic hydroxyl groups excluding tert-OH is 1. The maximum atomic E-state index is 10.4. The van der Waals surface area contributed by atoms with E-state index >= 15 is 0 Å². The third kappa shape index (κ3) is 3.16. The van der Waals surface area contributed by atoms with Crippen LogP contribution in [0, 0.1) is 11.3 Å². The van der Waals surface area contributed by atoms with E-state index in [-0.39, 0.29) is 12.0 Å². The van der Waals surface area contributed by atoms with Crippen LogP contribution in [0.15, 0.2) is 42.7 Å². The molecule has 4 heteroatoms. The molecular formula is C21H28IO2S-. The molecule has 3 fully saturated rings. The van der Waals surface area contributed by atoms with Crippen LogP contribution >= 0.6 is 11.8 Å². The van der Waals surface area contributed by atoms with Crippen molar-refractivity contribution in [2.75, 3.05) is 18.6 Å². The topological polar surface area (TPSA) is 29.5 Å². The van der Waals surface area contributed by atoms with Crippen LogP contribution in [0.1, 0.15) is 37.2 Å². The molecule has 2 bridgehead atoms. The number of rotatable bonds is 8. The maximum absolute atomic E-state index is 10.4. The molecule has 6 atom stereocenters. The van der Waals surface area contributed by atoms with E-state index in [9.17, 15) is 5.11 Å². The number of fused-ring (bicyclic) bond motifs is 2. The first-order chi connectivity index (χ1) is 12.2. The molecule has 1 aromatic rings. The molecule has 3 aliphatic rings. The number of benzene rings is 1. The van der Waals surface area contributed by atoms with Gasteiger partial charge in [0.25, 0.3) is 0 Å². The molecule has 0 spiro atoms. The van der Waals surface area contributed by atoms with Gasteiger partial charge in [-0.15, -0.1) is 0 Å². The summed E-state index contributed by atoms with van der Waals surface area (Å²) in [6.45, 7) is 4.52. The van der Waals surface area contributed by atoms with E-state index < -0.39 is 0 Å². The Kier molecular flexibility index (Phi) is 5.40. The van der Waals surface area contributed by atoms with Crippen molar-refractivity contribution in [2.45, 2.75) is 45.6 Å². The molecule has 1 aliphatic carbocycles. The van der Waals surface area contributed by atoms with E-state index in [1.165, 1.54) is 24.8 Å². The van der Waals surface area contributed by atoms with Crippen LogP contribution in [-0.4, -0.2) is 37.7 Å². The SMILES string of the molecule is C=C(O[C@H]1CC2CCC1[I-]2)C1(CO)C(CCSC)C1c1ccccc1. The van der Waals surface area contributed by atoms with Crippen LogP contribution in [0.5, 0.6) is 0 Å². The summed E-state index contributed by atoms with van der Waals surface area (Å²) < 4.78 is 8.30. The van der Waals surface area contributed by atoms with Gasteiger partial charge in [-0.05, 0) is 0 Å². The third-order valence-electron chi connectivity index (χ3n) is 6.36. The fraction of sp³-hybridized carbons (Fsp3) is 0.619. The first-order valence-corrected chi connectivity index (χ1v) is 13.2. The first kappa shape index (κ1) is 18.2. The van der Waals surface area contributed by atoms with E-state index in [1.807, 2.05) is 11.8 Å². The van der Waals surface area contributed by atoms with Gasteiger partial charge in [0.05, 0.1) is 0 Å². The Labute approximate surface area is 166 Å². The van der Waals surface area contributed by atoms with Crippen molar-refractivity contribution in [3.63, 3.8) is 0 Å². The number of halogens is 1. The summed E-state index contributed by atoms with van der Waals surface area (Å²) in [5.41, 5.74) is 1.06. The summed E-state index contributed by atoms with van der Waals surface area (Å²) in [5.74, 6) is 2.80. The Bertz CT molecular complexity index is 622. The summed E-state index contributed by atoms with van der Waals surface area (Å²) in [6.07, 6.45) is 7.70. The first-order valence-electron chi connectivity index (χ1n) is 9.33. The molecule has 0 aromatic heterocycles. The summed E-state index contributed by atoms with van der Waals surface area (Å²) in [6, 6.07) is 10.7. The van der Waals surface area contributed by atoms with E-state index in [2.05, 4.69) is 43.2 Å². The van der Waals surface area contributed by atoms with E-state index in [0.29, 0.717) is 39.1 Å². The molecule has 5 unspecified atom stereocenters. The van der Waals surface area contributed by atoms with Crippen molar-refractivity contribution < 1.29 is 31.0 Å². The van der Waals surface area contributed by atoms with Crippen LogP contribution in [0.4, 0.5) is 0 Å². The number of thioether (sulfide) groups is 1. The molecule has 2 heterocycles. The van der Waals surface area contributed by atoms with E-state index in [0.717, 1.165) is 25.8 Å². The van der Waals surface area contributed by atoms with Crippen LogP contribution in [0.25, 0.3) is 0 Å². The molecule has 0 radical (unpaired) electrons. The molecule has 2 aliphatic heterocycles. The van der Waals surface area contributed by atoms with Gasteiger partial charge in [0.15, 0.2) is 0 Å². The van der Waals surface area contributed by atoms with Gasteiger partial charge in [-0.3, -0.25) is 0 Å². The average molecular weight is 471 g/mol. The van der Waals surface area contributed by atoms with Crippen molar-refractivity contribution >= 4 is 11.8 Å². The summed E-state index contributed by atoms with van der Waals surface area (Å²) >= 11 is 2.21. The second kappa shape index (κ2) is 7.43. The minimum absolute atomic E-state index is 0.153. The summed E-state index contributed by atoms with van der Waals surface area (Å²) in [5, 5.41) is 10.4. The van der Waals surface area contributed by atoms with Crippen molar-refractivity contribution in [2.24, 2.45) is 11.3 Å². The van der Waals surface area contributed by atoms with Crippen molar-refractivity contribution in [3.8, 4) is 0 Å². The minimum atomic E-state index is -0.267. The van der Waals surface area contributed by atoms with E-state index in [1.54, 1.807) is 0 Å². The molecule has 1 saturated carbocycles. The van der Waals surface area contributed by atoms with Crippen LogP contribution < -0.4 is 21.2 Å². The number of ether oxygens (including phenoxy) is 1. The van der Waals surface area contributed by atoms with Crippen molar-refractivity contribution in [1.29, 1.82) is 0 Å². The van der Waals surface area contributed by atoms with Gasteiger partial charge >= 0.3 is 167 Å². The fourth-order valence-electron chi connectivity index (χ4n) is 5.01. The Hall–Kier alpha value is -0.200. The Balaban J connectivity index is 1.53. The Morgan fingerprint density at radius 3 is 2.76 bits per heavy atom. The second-order valence-electron chi connectivity index (χ2n) is 7.61. The van der Waals surface area contributed by atoms with Gasteiger partial charge in [0, 0.05) is 0 Å². The van der Waals surface area contributed by atoms with Crippen LogP contribution in [0.3, 0.4) is 0 Å². The molecule has 4 rings (SSSR count). The van der Waals surface area contributed by atoms with Gasteiger partial charge in [-0.25, -0.2) is 0 Å². The Morgan fingerprint density at radius 1 is 1.36 bits per heavy atom. The summed E-state index contributed by atoms with van der Waals surface area (Å²) in [7, 11) is 0. The molecule has 1 aromatic carbocycles. The molecule has 0 amide bonds. The van der Waals surface area contributed by atoms with Gasteiger partial charge in [0.2, 0.25) is 0 Å². The fourth-order valence-corrected chi connectivity index (χ4v) is 9.94. The van der Waals surface area contributed by atoms with E-state index in [4.69, 9.17) is 4.74 Å². The molecule has 2 saturated heterocycles. The standard InChI is InChI=1S/C21H28IO2S/c1-14(24-19-12-16-8-9-18(19)22-16)21(13-23)17(10-11-25-2)20(21)15-6-4-3-5-7-15/h3-7,16-20,23H,1,8-13H2,2H3/q-1/t16?,17?,18?,19-,20?,21?/m0/s1. The predicted molar refractivity (Wildman–Crippen MR) is 101 cm³/mol. The zero-order valence-electron chi connectivity index (χ0n) is 14.9. The number of hydrogen-bond acceptors (Lipinski definition) is 3. The van der Waals surface area contributed by atoms with Gasteiger partial charge in [-0.1, -0.05) is 0 Å². The number of alkyl halides is 2. The van der Waals surface area contributed by atoms with Gasteiger partial charge in [-0.2, -0.15) is 0 Å². The normalized spacial score (nSPS) is 39.0. The number of aliphatic hydroxyl groups is 1. The van der Waals surface area contributed by atoms with Crippen LogP contribution in [-0.2, 0) is 4.74 Å².